The molecule has 3 aromatic heterocycles. The van der Waals surface area contributed by atoms with Crippen LogP contribution in [0.25, 0.3) is 27.5 Å². The summed E-state index contributed by atoms with van der Waals surface area (Å²) in [5.74, 6) is 0. The van der Waals surface area contributed by atoms with Gasteiger partial charge in [-0.2, -0.15) is 5.10 Å². The van der Waals surface area contributed by atoms with Gasteiger partial charge in [0.25, 0.3) is 0 Å². The molecule has 1 aliphatic rings. The Kier molecular flexibility index (Phi) is 4.36. The van der Waals surface area contributed by atoms with E-state index in [1.54, 1.807) is 0 Å². The van der Waals surface area contributed by atoms with E-state index in [1.807, 2.05) is 24.5 Å². The molecule has 5 rings (SSSR count). The third-order valence-corrected chi connectivity index (χ3v) is 4.66. The van der Waals surface area contributed by atoms with E-state index in [4.69, 9.17) is 0 Å². The van der Waals surface area contributed by atoms with Crippen molar-refractivity contribution in [1.82, 2.24) is 25.5 Å². The number of aromatic amines is 2. The standard InChI is InChI=1S/C19H18N6.ClH/c1-2-16-13(11-22-25-16)9-14(1)23-17-5-8-21-19-15(17)10-18(24-19)12-3-6-20-7-4-12;/h1-3,5,8-11,20H,4,6-7H2,(H,22,25)(H2,21,23,24);1H. The van der Waals surface area contributed by atoms with Crippen LogP contribution in [0, 0.1) is 0 Å². The highest BCUT2D eigenvalue weighted by Crippen LogP contribution is 2.30. The van der Waals surface area contributed by atoms with Crippen LogP contribution in [0.5, 0.6) is 0 Å². The van der Waals surface area contributed by atoms with Gasteiger partial charge in [-0.3, -0.25) is 5.10 Å². The van der Waals surface area contributed by atoms with E-state index in [1.165, 1.54) is 5.57 Å². The summed E-state index contributed by atoms with van der Waals surface area (Å²) in [6.45, 7) is 1.94. The van der Waals surface area contributed by atoms with E-state index in [0.29, 0.717) is 0 Å². The molecule has 0 atom stereocenters. The van der Waals surface area contributed by atoms with Crippen LogP contribution >= 0.6 is 12.4 Å². The van der Waals surface area contributed by atoms with Crippen molar-refractivity contribution in [3.8, 4) is 0 Å². The molecule has 6 nitrogen and oxygen atoms in total. The van der Waals surface area contributed by atoms with E-state index < -0.39 is 0 Å². The topological polar surface area (TPSA) is 81.4 Å². The molecule has 0 saturated carbocycles. The highest BCUT2D eigenvalue weighted by atomic mass is 35.5. The SMILES string of the molecule is C1=C(c2cc3c(Nc4ccc5[nH]ncc5c4)ccnc3[nH]2)CCNC1.Cl. The van der Waals surface area contributed by atoms with Gasteiger partial charge in [-0.25, -0.2) is 4.98 Å². The zero-order chi connectivity index (χ0) is 16.6. The maximum atomic E-state index is 4.49. The smallest absolute Gasteiger partial charge is 0.139 e. The lowest BCUT2D eigenvalue weighted by Gasteiger charge is -2.12. The van der Waals surface area contributed by atoms with Crippen molar-refractivity contribution in [2.75, 3.05) is 18.4 Å². The number of halogens is 1. The van der Waals surface area contributed by atoms with E-state index in [-0.39, 0.29) is 12.4 Å². The fraction of sp³-hybridized carbons (Fsp3) is 0.158. The molecule has 4 N–H and O–H groups in total. The third-order valence-electron chi connectivity index (χ3n) is 4.66. The molecule has 4 aromatic rings. The summed E-state index contributed by atoms with van der Waals surface area (Å²) in [7, 11) is 0. The Hall–Kier alpha value is -2.83. The maximum absolute atomic E-state index is 4.49. The fourth-order valence-electron chi connectivity index (χ4n) is 3.35. The quantitative estimate of drug-likeness (QED) is 0.442. The van der Waals surface area contributed by atoms with Gasteiger partial charge in [-0.15, -0.1) is 12.4 Å². The number of H-pyrrole nitrogens is 2. The normalized spacial score (nSPS) is 14.2. The lowest BCUT2D eigenvalue weighted by Crippen LogP contribution is -2.20. The Morgan fingerprint density at radius 3 is 2.96 bits per heavy atom. The zero-order valence-electron chi connectivity index (χ0n) is 14.0. The molecule has 0 unspecified atom stereocenters. The number of anilines is 2. The Bertz CT molecular complexity index is 1090. The van der Waals surface area contributed by atoms with Gasteiger partial charge < -0.3 is 15.6 Å². The second kappa shape index (κ2) is 6.82. The molecule has 0 aliphatic carbocycles. The summed E-state index contributed by atoms with van der Waals surface area (Å²) >= 11 is 0. The molecule has 1 aromatic carbocycles. The summed E-state index contributed by atoms with van der Waals surface area (Å²) in [5, 5.41) is 16.1. The average Bonchev–Trinajstić information content (AvgIpc) is 3.29. The minimum atomic E-state index is 0. The number of fused-ring (bicyclic) bond motifs is 2. The lowest BCUT2D eigenvalue weighted by molar-refractivity contribution is 0.737. The highest BCUT2D eigenvalue weighted by molar-refractivity contribution is 5.95. The number of aromatic nitrogens is 4. The van der Waals surface area contributed by atoms with Crippen molar-refractivity contribution in [2.24, 2.45) is 0 Å². The van der Waals surface area contributed by atoms with E-state index in [0.717, 1.165) is 58.5 Å². The minimum Gasteiger partial charge on any atom is -0.355 e. The van der Waals surface area contributed by atoms with E-state index in [2.05, 4.69) is 55.1 Å². The van der Waals surface area contributed by atoms with E-state index >= 15 is 0 Å². The van der Waals surface area contributed by atoms with Crippen molar-refractivity contribution >= 4 is 51.3 Å². The number of hydrogen-bond acceptors (Lipinski definition) is 4. The Labute approximate surface area is 156 Å². The van der Waals surface area contributed by atoms with Gasteiger partial charge in [0.1, 0.15) is 5.65 Å². The summed E-state index contributed by atoms with van der Waals surface area (Å²) in [6, 6.07) is 10.4. The summed E-state index contributed by atoms with van der Waals surface area (Å²) < 4.78 is 0. The molecule has 0 amide bonds. The zero-order valence-corrected chi connectivity index (χ0v) is 14.9. The molecule has 0 spiro atoms. The minimum absolute atomic E-state index is 0. The van der Waals surface area contributed by atoms with E-state index in [9.17, 15) is 0 Å². The van der Waals surface area contributed by atoms with Crippen molar-refractivity contribution < 1.29 is 0 Å². The molecule has 0 saturated heterocycles. The molecule has 0 fully saturated rings. The van der Waals surface area contributed by atoms with Crippen LogP contribution in [0.1, 0.15) is 12.1 Å². The van der Waals surface area contributed by atoms with Crippen LogP contribution in [0.2, 0.25) is 0 Å². The first-order chi connectivity index (χ1) is 12.4. The molecule has 0 radical (unpaired) electrons. The number of benzene rings is 1. The van der Waals surface area contributed by atoms with Crippen LogP contribution in [-0.2, 0) is 0 Å². The monoisotopic (exact) mass is 366 g/mol. The molecule has 132 valence electrons. The first-order valence-corrected chi connectivity index (χ1v) is 8.45. The predicted octanol–water partition coefficient (Wildman–Crippen LogP) is 3.98. The number of pyridine rings is 1. The van der Waals surface area contributed by atoms with Gasteiger partial charge in [0.05, 0.1) is 17.4 Å². The number of hydrogen-bond donors (Lipinski definition) is 4. The second-order valence-corrected chi connectivity index (χ2v) is 6.28. The summed E-state index contributed by atoms with van der Waals surface area (Å²) in [4.78, 5) is 7.94. The second-order valence-electron chi connectivity index (χ2n) is 6.28. The molecular weight excluding hydrogens is 348 g/mol. The van der Waals surface area contributed by atoms with Gasteiger partial charge in [0.2, 0.25) is 0 Å². The summed E-state index contributed by atoms with van der Waals surface area (Å²) in [6.07, 6.45) is 6.94. The van der Waals surface area contributed by atoms with Crippen LogP contribution < -0.4 is 10.6 Å². The fourth-order valence-corrected chi connectivity index (χ4v) is 3.35. The van der Waals surface area contributed by atoms with Crippen LogP contribution in [-0.4, -0.2) is 33.3 Å². The molecule has 4 heterocycles. The molecular formula is C19H19ClN6. The molecule has 0 bridgehead atoms. The molecule has 26 heavy (non-hydrogen) atoms. The number of nitrogens with one attached hydrogen (secondary N) is 4. The van der Waals surface area contributed by atoms with Gasteiger partial charge in [0, 0.05) is 34.9 Å². The number of nitrogens with zero attached hydrogens (tertiary/aromatic N) is 2. The largest absolute Gasteiger partial charge is 0.355 e. The van der Waals surface area contributed by atoms with Gasteiger partial charge in [-0.1, -0.05) is 6.08 Å². The first-order valence-electron chi connectivity index (χ1n) is 8.45. The van der Waals surface area contributed by atoms with Crippen molar-refractivity contribution in [1.29, 1.82) is 0 Å². The van der Waals surface area contributed by atoms with Crippen LogP contribution in [0.3, 0.4) is 0 Å². The molecule has 1 aliphatic heterocycles. The van der Waals surface area contributed by atoms with Crippen LogP contribution in [0.4, 0.5) is 11.4 Å². The Morgan fingerprint density at radius 1 is 1.12 bits per heavy atom. The summed E-state index contributed by atoms with van der Waals surface area (Å²) in [5.41, 5.74) is 6.53. The van der Waals surface area contributed by atoms with Gasteiger partial charge >= 0.3 is 0 Å². The van der Waals surface area contributed by atoms with Crippen molar-refractivity contribution in [2.45, 2.75) is 6.42 Å². The predicted molar refractivity (Wildman–Crippen MR) is 108 cm³/mol. The highest BCUT2D eigenvalue weighted by Gasteiger charge is 2.12. The molecule has 7 heteroatoms. The van der Waals surface area contributed by atoms with Crippen molar-refractivity contribution in [3.63, 3.8) is 0 Å². The van der Waals surface area contributed by atoms with Gasteiger partial charge in [-0.05, 0) is 48.9 Å². The Morgan fingerprint density at radius 2 is 2.08 bits per heavy atom. The third kappa shape index (κ3) is 2.94. The number of rotatable bonds is 3. The average molecular weight is 367 g/mol. The van der Waals surface area contributed by atoms with Crippen molar-refractivity contribution in [3.05, 3.63) is 54.5 Å². The Balaban J connectivity index is 0.00000168. The maximum Gasteiger partial charge on any atom is 0.139 e. The van der Waals surface area contributed by atoms with Crippen LogP contribution in [0.15, 0.2) is 48.8 Å². The first kappa shape index (κ1) is 16.6. The lowest BCUT2D eigenvalue weighted by atomic mass is 10.1. The van der Waals surface area contributed by atoms with Gasteiger partial charge in [0.15, 0.2) is 0 Å².